The molecule has 0 saturated carbocycles. The zero-order valence-electron chi connectivity index (χ0n) is 18.1. The topological polar surface area (TPSA) is 93.0 Å². The molecule has 0 bridgehead atoms. The lowest BCUT2D eigenvalue weighted by Crippen LogP contribution is -2.40. The first kappa shape index (κ1) is 21.6. The molecule has 1 N–H and O–H groups in total. The summed E-state index contributed by atoms with van der Waals surface area (Å²) in [6.07, 6.45) is 7.49. The minimum Gasteiger partial charge on any atom is -0.348 e. The van der Waals surface area contributed by atoms with Crippen molar-refractivity contribution in [2.45, 2.75) is 38.8 Å². The average Bonchev–Trinajstić information content (AvgIpc) is 3.23. The van der Waals surface area contributed by atoms with E-state index in [9.17, 15) is 14.0 Å². The second kappa shape index (κ2) is 9.25. The molecule has 2 amide bonds. The minimum atomic E-state index is -0.321. The lowest BCUT2D eigenvalue weighted by molar-refractivity contribution is 0.0582. The Morgan fingerprint density at radius 2 is 1.97 bits per heavy atom. The van der Waals surface area contributed by atoms with Gasteiger partial charge in [-0.05, 0) is 43.9 Å². The molecule has 32 heavy (non-hydrogen) atoms. The number of carbonyl (C=O) groups is 2. The van der Waals surface area contributed by atoms with Crippen LogP contribution in [-0.4, -0.2) is 42.8 Å². The van der Waals surface area contributed by atoms with Crippen LogP contribution in [0.3, 0.4) is 0 Å². The molecule has 3 aromatic rings. The van der Waals surface area contributed by atoms with Crippen molar-refractivity contribution in [3.8, 4) is 0 Å². The molecule has 1 aliphatic rings. The highest BCUT2D eigenvalue weighted by Crippen LogP contribution is 2.30. The van der Waals surface area contributed by atoms with Gasteiger partial charge in [0, 0.05) is 38.7 Å². The number of amides is 2. The molecule has 166 valence electrons. The Labute approximate surface area is 185 Å². The molecule has 0 spiro atoms. The SMILES string of the molecule is Cc1nc([C@H]2CCCCN2C(=O)c2nccn2C)ncc1C(=O)NCc1ccc(F)cc1. The van der Waals surface area contributed by atoms with Crippen molar-refractivity contribution in [3.63, 3.8) is 0 Å². The smallest absolute Gasteiger partial charge is 0.290 e. The quantitative estimate of drug-likeness (QED) is 0.664. The van der Waals surface area contributed by atoms with Crippen LogP contribution in [-0.2, 0) is 13.6 Å². The Kier molecular flexibility index (Phi) is 6.25. The number of nitrogens with zero attached hydrogens (tertiary/aromatic N) is 5. The van der Waals surface area contributed by atoms with Gasteiger partial charge in [0.1, 0.15) is 5.82 Å². The summed E-state index contributed by atoms with van der Waals surface area (Å²) in [5.74, 6) is 0.135. The Morgan fingerprint density at radius 1 is 1.19 bits per heavy atom. The van der Waals surface area contributed by atoms with Crippen LogP contribution >= 0.6 is 0 Å². The number of piperidine rings is 1. The van der Waals surface area contributed by atoms with E-state index >= 15 is 0 Å². The number of rotatable bonds is 5. The van der Waals surface area contributed by atoms with Crippen molar-refractivity contribution in [1.29, 1.82) is 0 Å². The number of aromatic nitrogens is 4. The molecular formula is C23H25FN6O2. The first-order chi connectivity index (χ1) is 15.4. The first-order valence-corrected chi connectivity index (χ1v) is 10.6. The van der Waals surface area contributed by atoms with E-state index < -0.39 is 0 Å². The van der Waals surface area contributed by atoms with Gasteiger partial charge in [0.15, 0.2) is 11.6 Å². The van der Waals surface area contributed by atoms with E-state index in [0.717, 1.165) is 24.8 Å². The van der Waals surface area contributed by atoms with Crippen LogP contribution < -0.4 is 5.32 Å². The summed E-state index contributed by atoms with van der Waals surface area (Å²) in [6, 6.07) is 5.69. The van der Waals surface area contributed by atoms with Crippen molar-refractivity contribution in [3.05, 3.63) is 77.1 Å². The van der Waals surface area contributed by atoms with Crippen LogP contribution in [0.5, 0.6) is 0 Å². The van der Waals surface area contributed by atoms with E-state index in [0.29, 0.717) is 29.5 Å². The monoisotopic (exact) mass is 436 g/mol. The highest BCUT2D eigenvalue weighted by atomic mass is 19.1. The summed E-state index contributed by atoms with van der Waals surface area (Å²) in [4.78, 5) is 40.7. The highest BCUT2D eigenvalue weighted by Gasteiger charge is 2.32. The zero-order chi connectivity index (χ0) is 22.7. The molecule has 1 fully saturated rings. The van der Waals surface area contributed by atoms with Crippen LogP contribution in [0.25, 0.3) is 0 Å². The van der Waals surface area contributed by atoms with E-state index in [1.54, 1.807) is 48.0 Å². The fourth-order valence-electron chi connectivity index (χ4n) is 3.89. The summed E-state index contributed by atoms with van der Waals surface area (Å²) in [5, 5.41) is 2.81. The molecule has 1 atom stereocenters. The molecule has 1 aliphatic heterocycles. The van der Waals surface area contributed by atoms with Crippen LogP contribution in [0.2, 0.25) is 0 Å². The Hall–Kier alpha value is -3.62. The standard InChI is InChI=1S/C23H25FN6O2/c1-15-18(22(31)27-13-16-6-8-17(24)9-7-16)14-26-20(28-15)19-5-3-4-11-30(19)23(32)21-25-10-12-29(21)2/h6-10,12,14,19H,3-5,11,13H2,1-2H3,(H,27,31)/t19-/m1/s1. The number of aryl methyl sites for hydroxylation is 2. The molecule has 1 aromatic carbocycles. The summed E-state index contributed by atoms with van der Waals surface area (Å²) < 4.78 is 14.7. The third kappa shape index (κ3) is 4.51. The Balaban J connectivity index is 1.49. The minimum absolute atomic E-state index is 0.149. The molecule has 9 heteroatoms. The van der Waals surface area contributed by atoms with Gasteiger partial charge in [0.2, 0.25) is 0 Å². The average molecular weight is 436 g/mol. The van der Waals surface area contributed by atoms with E-state index in [2.05, 4.69) is 20.3 Å². The second-order valence-corrected chi connectivity index (χ2v) is 7.91. The molecule has 0 aliphatic carbocycles. The molecule has 0 radical (unpaired) electrons. The van der Waals surface area contributed by atoms with E-state index in [-0.39, 0.29) is 30.2 Å². The van der Waals surface area contributed by atoms with Crippen molar-refractivity contribution in [2.24, 2.45) is 7.05 Å². The maximum Gasteiger partial charge on any atom is 0.290 e. The first-order valence-electron chi connectivity index (χ1n) is 10.6. The number of benzene rings is 1. The largest absolute Gasteiger partial charge is 0.348 e. The summed E-state index contributed by atoms with van der Waals surface area (Å²) >= 11 is 0. The van der Waals surface area contributed by atoms with Gasteiger partial charge in [-0.1, -0.05) is 12.1 Å². The number of imidazole rings is 1. The van der Waals surface area contributed by atoms with Crippen molar-refractivity contribution in [2.75, 3.05) is 6.54 Å². The van der Waals surface area contributed by atoms with Crippen LogP contribution in [0.1, 0.15) is 63.4 Å². The highest BCUT2D eigenvalue weighted by molar-refractivity contribution is 5.95. The van der Waals surface area contributed by atoms with E-state index in [4.69, 9.17) is 0 Å². The Morgan fingerprint density at radius 3 is 2.66 bits per heavy atom. The maximum absolute atomic E-state index is 13.1. The number of hydrogen-bond donors (Lipinski definition) is 1. The number of carbonyl (C=O) groups excluding carboxylic acids is 2. The van der Waals surface area contributed by atoms with Crippen molar-refractivity contribution < 1.29 is 14.0 Å². The molecule has 1 saturated heterocycles. The number of halogens is 1. The molecule has 4 rings (SSSR count). The molecule has 2 aromatic heterocycles. The van der Waals surface area contributed by atoms with Crippen molar-refractivity contribution >= 4 is 11.8 Å². The summed E-state index contributed by atoms with van der Waals surface area (Å²) in [7, 11) is 1.79. The maximum atomic E-state index is 13.1. The fraction of sp³-hybridized carbons (Fsp3) is 0.348. The van der Waals surface area contributed by atoms with Crippen molar-refractivity contribution in [1.82, 2.24) is 29.7 Å². The summed E-state index contributed by atoms with van der Waals surface area (Å²) in [6.45, 7) is 2.64. The van der Waals surface area contributed by atoms with Gasteiger partial charge in [-0.3, -0.25) is 9.59 Å². The van der Waals surface area contributed by atoms with E-state index in [1.807, 2.05) is 0 Å². The lowest BCUT2D eigenvalue weighted by Gasteiger charge is -2.34. The number of nitrogens with one attached hydrogen (secondary N) is 1. The Bertz CT molecular complexity index is 1130. The van der Waals surface area contributed by atoms with Gasteiger partial charge < -0.3 is 14.8 Å². The predicted octanol–water partition coefficient (Wildman–Crippen LogP) is 2.96. The van der Waals surface area contributed by atoms with Crippen LogP contribution in [0, 0.1) is 12.7 Å². The lowest BCUT2D eigenvalue weighted by atomic mass is 10.0. The third-order valence-corrected chi connectivity index (χ3v) is 5.68. The van der Waals surface area contributed by atoms with E-state index in [1.165, 1.54) is 18.3 Å². The normalized spacial score (nSPS) is 16.1. The molecule has 0 unspecified atom stereocenters. The second-order valence-electron chi connectivity index (χ2n) is 7.91. The van der Waals surface area contributed by atoms with Crippen LogP contribution in [0.15, 0.2) is 42.9 Å². The zero-order valence-corrected chi connectivity index (χ0v) is 18.1. The fourth-order valence-corrected chi connectivity index (χ4v) is 3.89. The molecular weight excluding hydrogens is 411 g/mol. The van der Waals surface area contributed by atoms with Gasteiger partial charge in [0.25, 0.3) is 11.8 Å². The third-order valence-electron chi connectivity index (χ3n) is 5.68. The van der Waals surface area contributed by atoms with Gasteiger partial charge in [-0.25, -0.2) is 19.3 Å². The number of likely N-dealkylation sites (tertiary alicyclic amines) is 1. The predicted molar refractivity (Wildman–Crippen MR) is 115 cm³/mol. The van der Waals surface area contributed by atoms with Gasteiger partial charge in [0.05, 0.1) is 17.3 Å². The molecule has 8 nitrogen and oxygen atoms in total. The van der Waals surface area contributed by atoms with Gasteiger partial charge >= 0.3 is 0 Å². The van der Waals surface area contributed by atoms with Crippen LogP contribution in [0.4, 0.5) is 4.39 Å². The van der Waals surface area contributed by atoms with Gasteiger partial charge in [-0.15, -0.1) is 0 Å². The summed E-state index contributed by atoms with van der Waals surface area (Å²) in [5.41, 5.74) is 1.70. The number of hydrogen-bond acceptors (Lipinski definition) is 5. The van der Waals surface area contributed by atoms with Gasteiger partial charge in [-0.2, -0.15) is 0 Å². The molecule has 3 heterocycles.